The SMILES string of the molecule is Nc1cc2oc(=O)[nH]c2cc1NCCC(F)(F)F. The van der Waals surface area contributed by atoms with Crippen LogP contribution in [0.4, 0.5) is 24.5 Å². The van der Waals surface area contributed by atoms with Crippen molar-refractivity contribution in [2.24, 2.45) is 0 Å². The number of benzene rings is 1. The lowest BCUT2D eigenvalue weighted by Crippen LogP contribution is -2.15. The maximum Gasteiger partial charge on any atom is 0.417 e. The van der Waals surface area contributed by atoms with Gasteiger partial charge in [0.15, 0.2) is 5.58 Å². The highest BCUT2D eigenvalue weighted by molar-refractivity contribution is 5.85. The molecule has 2 aromatic rings. The second-order valence-corrected chi connectivity index (χ2v) is 3.74. The van der Waals surface area contributed by atoms with Crippen molar-refractivity contribution in [3.05, 3.63) is 22.7 Å². The molecular formula is C10H10F3N3O2. The van der Waals surface area contributed by atoms with Gasteiger partial charge in [0.2, 0.25) is 0 Å². The summed E-state index contributed by atoms with van der Waals surface area (Å²) in [6.45, 7) is -0.290. The van der Waals surface area contributed by atoms with Crippen molar-refractivity contribution < 1.29 is 17.6 Å². The number of aromatic amines is 1. The largest absolute Gasteiger partial charge is 0.417 e. The molecule has 0 saturated heterocycles. The predicted molar refractivity (Wildman–Crippen MR) is 60.4 cm³/mol. The zero-order valence-corrected chi connectivity index (χ0v) is 9.10. The van der Waals surface area contributed by atoms with Crippen LogP contribution in [0, 0.1) is 0 Å². The van der Waals surface area contributed by atoms with E-state index >= 15 is 0 Å². The second kappa shape index (κ2) is 4.28. The van der Waals surface area contributed by atoms with Crippen molar-refractivity contribution in [1.82, 2.24) is 4.98 Å². The number of halogens is 3. The van der Waals surface area contributed by atoms with E-state index < -0.39 is 18.4 Å². The Bertz CT molecular complexity index is 615. The van der Waals surface area contributed by atoms with Gasteiger partial charge in [-0.05, 0) is 6.07 Å². The van der Waals surface area contributed by atoms with Crippen LogP contribution in [0.2, 0.25) is 0 Å². The van der Waals surface area contributed by atoms with Crippen LogP contribution in [0.3, 0.4) is 0 Å². The van der Waals surface area contributed by atoms with Crippen molar-refractivity contribution in [1.29, 1.82) is 0 Å². The molecule has 4 N–H and O–H groups in total. The highest BCUT2D eigenvalue weighted by Crippen LogP contribution is 2.25. The third-order valence-electron chi connectivity index (χ3n) is 2.32. The minimum atomic E-state index is -4.23. The summed E-state index contributed by atoms with van der Waals surface area (Å²) in [5, 5.41) is 2.56. The molecule has 98 valence electrons. The Morgan fingerprint density at radius 2 is 2.11 bits per heavy atom. The lowest BCUT2D eigenvalue weighted by Gasteiger charge is -2.10. The zero-order chi connectivity index (χ0) is 13.3. The Labute approximate surface area is 98.8 Å². The molecular weight excluding hydrogens is 251 g/mol. The number of nitrogens with two attached hydrogens (primary N) is 1. The number of rotatable bonds is 3. The molecule has 1 aromatic heterocycles. The standard InChI is InChI=1S/C10H10F3N3O2/c11-10(12,13)1-2-15-6-4-7-8(3-5(6)14)18-9(17)16-7/h3-4,15H,1-2,14H2,(H,16,17). The predicted octanol–water partition coefficient (Wildman–Crippen LogP) is 2.07. The van der Waals surface area contributed by atoms with Crippen LogP contribution < -0.4 is 16.8 Å². The lowest BCUT2D eigenvalue weighted by molar-refractivity contribution is -0.131. The molecule has 0 atom stereocenters. The van der Waals surface area contributed by atoms with Gasteiger partial charge in [-0.15, -0.1) is 0 Å². The fraction of sp³-hybridized carbons (Fsp3) is 0.300. The normalized spacial score (nSPS) is 11.9. The van der Waals surface area contributed by atoms with Gasteiger partial charge in [-0.25, -0.2) is 4.79 Å². The van der Waals surface area contributed by atoms with E-state index in [1.54, 1.807) is 0 Å². The number of anilines is 2. The first-order chi connectivity index (χ1) is 8.35. The number of aromatic nitrogens is 1. The lowest BCUT2D eigenvalue weighted by atomic mass is 10.2. The summed E-state index contributed by atoms with van der Waals surface area (Å²) >= 11 is 0. The minimum absolute atomic E-state index is 0.215. The number of hydrogen-bond acceptors (Lipinski definition) is 4. The van der Waals surface area contributed by atoms with E-state index in [0.717, 1.165) is 0 Å². The Morgan fingerprint density at radius 1 is 1.39 bits per heavy atom. The number of fused-ring (bicyclic) bond motifs is 1. The molecule has 0 unspecified atom stereocenters. The molecule has 0 amide bonds. The number of oxazole rings is 1. The molecule has 5 nitrogen and oxygen atoms in total. The minimum Gasteiger partial charge on any atom is -0.408 e. The highest BCUT2D eigenvalue weighted by Gasteiger charge is 2.26. The van der Waals surface area contributed by atoms with Gasteiger partial charge in [-0.1, -0.05) is 0 Å². The summed E-state index contributed by atoms with van der Waals surface area (Å²) in [6.07, 6.45) is -5.19. The topological polar surface area (TPSA) is 84.0 Å². The Balaban J connectivity index is 2.17. The molecule has 0 spiro atoms. The number of hydrogen-bond donors (Lipinski definition) is 3. The quantitative estimate of drug-likeness (QED) is 0.738. The second-order valence-electron chi connectivity index (χ2n) is 3.74. The van der Waals surface area contributed by atoms with Crippen LogP contribution in [0.5, 0.6) is 0 Å². The van der Waals surface area contributed by atoms with E-state index in [2.05, 4.69) is 10.3 Å². The van der Waals surface area contributed by atoms with Gasteiger partial charge >= 0.3 is 11.9 Å². The summed E-state index contributed by atoms with van der Waals surface area (Å²) in [5.41, 5.74) is 6.81. The fourth-order valence-corrected chi connectivity index (χ4v) is 1.51. The van der Waals surface area contributed by atoms with Crippen LogP contribution in [0.25, 0.3) is 11.1 Å². The number of nitrogens with one attached hydrogen (secondary N) is 2. The molecule has 0 aliphatic carbocycles. The number of nitrogen functional groups attached to an aromatic ring is 1. The first kappa shape index (κ1) is 12.3. The monoisotopic (exact) mass is 261 g/mol. The molecule has 1 heterocycles. The molecule has 0 fully saturated rings. The molecule has 8 heteroatoms. The van der Waals surface area contributed by atoms with Crippen LogP contribution in [-0.2, 0) is 0 Å². The third kappa shape index (κ3) is 2.76. The van der Waals surface area contributed by atoms with Crippen molar-refractivity contribution in [2.75, 3.05) is 17.6 Å². The average molecular weight is 261 g/mol. The van der Waals surface area contributed by atoms with Crippen molar-refractivity contribution >= 4 is 22.5 Å². The van der Waals surface area contributed by atoms with E-state index in [1.165, 1.54) is 12.1 Å². The number of H-pyrrole nitrogens is 1. The number of alkyl halides is 3. The molecule has 0 aliphatic heterocycles. The van der Waals surface area contributed by atoms with Crippen molar-refractivity contribution in [3.63, 3.8) is 0 Å². The molecule has 1 aromatic carbocycles. The maximum atomic E-state index is 12.0. The molecule has 0 bridgehead atoms. The van der Waals surface area contributed by atoms with Gasteiger partial charge in [0.05, 0.1) is 23.3 Å². The van der Waals surface area contributed by atoms with Gasteiger partial charge in [-0.2, -0.15) is 13.2 Å². The van der Waals surface area contributed by atoms with E-state index in [4.69, 9.17) is 10.2 Å². The zero-order valence-electron chi connectivity index (χ0n) is 9.10. The van der Waals surface area contributed by atoms with Gasteiger partial charge in [0, 0.05) is 12.6 Å². The van der Waals surface area contributed by atoms with E-state index in [0.29, 0.717) is 11.2 Å². The van der Waals surface area contributed by atoms with Gasteiger partial charge in [0.1, 0.15) is 0 Å². The van der Waals surface area contributed by atoms with E-state index in [1.807, 2.05) is 0 Å². The molecule has 2 rings (SSSR count). The maximum absolute atomic E-state index is 12.0. The Hall–Kier alpha value is -2.12. The fourth-order valence-electron chi connectivity index (χ4n) is 1.51. The summed E-state index contributed by atoms with van der Waals surface area (Å²) in [6, 6.07) is 2.81. The summed E-state index contributed by atoms with van der Waals surface area (Å²) in [5.74, 6) is -0.642. The summed E-state index contributed by atoms with van der Waals surface area (Å²) < 4.78 is 40.7. The van der Waals surface area contributed by atoms with Crippen LogP contribution in [-0.4, -0.2) is 17.7 Å². The molecule has 0 aliphatic rings. The van der Waals surface area contributed by atoms with E-state index in [9.17, 15) is 18.0 Å². The van der Waals surface area contributed by atoms with Gasteiger partial charge in [-0.3, -0.25) is 4.98 Å². The van der Waals surface area contributed by atoms with E-state index in [-0.39, 0.29) is 17.8 Å². The smallest absolute Gasteiger partial charge is 0.408 e. The molecule has 18 heavy (non-hydrogen) atoms. The first-order valence-corrected chi connectivity index (χ1v) is 5.08. The van der Waals surface area contributed by atoms with Crippen LogP contribution in [0.15, 0.2) is 21.3 Å². The third-order valence-corrected chi connectivity index (χ3v) is 2.32. The summed E-state index contributed by atoms with van der Waals surface area (Å²) in [7, 11) is 0. The van der Waals surface area contributed by atoms with Gasteiger partial charge < -0.3 is 15.5 Å². The highest BCUT2D eigenvalue weighted by atomic mass is 19.4. The Kier molecular flexibility index (Phi) is 2.93. The van der Waals surface area contributed by atoms with Crippen LogP contribution in [0.1, 0.15) is 6.42 Å². The van der Waals surface area contributed by atoms with Crippen molar-refractivity contribution in [3.8, 4) is 0 Å². The first-order valence-electron chi connectivity index (χ1n) is 5.08. The summed E-state index contributed by atoms with van der Waals surface area (Å²) in [4.78, 5) is 13.3. The molecule has 0 saturated carbocycles. The molecule has 0 radical (unpaired) electrons. The van der Waals surface area contributed by atoms with Crippen molar-refractivity contribution in [2.45, 2.75) is 12.6 Å². The van der Waals surface area contributed by atoms with Crippen LogP contribution >= 0.6 is 0 Å². The van der Waals surface area contributed by atoms with Gasteiger partial charge in [0.25, 0.3) is 0 Å². The average Bonchev–Trinajstić information content (AvgIpc) is 2.55. The Morgan fingerprint density at radius 3 is 2.78 bits per heavy atom.